The van der Waals surface area contributed by atoms with Crippen molar-refractivity contribution < 1.29 is 24.2 Å². The van der Waals surface area contributed by atoms with E-state index in [-0.39, 0.29) is 6.54 Å². The van der Waals surface area contributed by atoms with Gasteiger partial charge in [-0.25, -0.2) is 4.79 Å². The number of aliphatic carboxylic acids is 1. The highest BCUT2D eigenvalue weighted by molar-refractivity contribution is 9.10. The van der Waals surface area contributed by atoms with Gasteiger partial charge in [0.25, 0.3) is 5.91 Å². The Kier molecular flexibility index (Phi) is 5.78. The lowest BCUT2D eigenvalue weighted by molar-refractivity contribution is -0.148. The highest BCUT2D eigenvalue weighted by Crippen LogP contribution is 2.23. The molecule has 104 valence electrons. The molecule has 6 nitrogen and oxygen atoms in total. The molecule has 0 spiro atoms. The van der Waals surface area contributed by atoms with Crippen molar-refractivity contribution in [3.05, 3.63) is 28.2 Å². The number of carboxylic acids is 1. The Morgan fingerprint density at radius 2 is 2.11 bits per heavy atom. The van der Waals surface area contributed by atoms with E-state index < -0.39 is 18.0 Å². The van der Waals surface area contributed by atoms with E-state index in [9.17, 15) is 9.59 Å². The molecule has 7 heteroatoms. The number of methoxy groups -OCH3 is 2. The Morgan fingerprint density at radius 3 is 2.63 bits per heavy atom. The first kappa shape index (κ1) is 15.5. The van der Waals surface area contributed by atoms with Crippen LogP contribution in [0.3, 0.4) is 0 Å². The second kappa shape index (κ2) is 7.10. The fourth-order valence-electron chi connectivity index (χ4n) is 1.40. The molecule has 1 atom stereocenters. The van der Waals surface area contributed by atoms with Crippen LogP contribution >= 0.6 is 15.9 Å². The van der Waals surface area contributed by atoms with Gasteiger partial charge in [-0.15, -0.1) is 0 Å². The van der Waals surface area contributed by atoms with Crippen LogP contribution in [0.5, 0.6) is 5.75 Å². The van der Waals surface area contributed by atoms with E-state index in [0.29, 0.717) is 11.3 Å². The van der Waals surface area contributed by atoms with Crippen LogP contribution in [0.2, 0.25) is 0 Å². The molecular formula is C12H14BrNO5. The zero-order valence-electron chi connectivity index (χ0n) is 10.5. The fourth-order valence-corrected chi connectivity index (χ4v) is 1.74. The number of hydrogen-bond acceptors (Lipinski definition) is 4. The van der Waals surface area contributed by atoms with Crippen LogP contribution in [0.4, 0.5) is 0 Å². The van der Waals surface area contributed by atoms with Crippen LogP contribution in [-0.2, 0) is 9.53 Å². The lowest BCUT2D eigenvalue weighted by atomic mass is 10.2. The van der Waals surface area contributed by atoms with Crippen LogP contribution < -0.4 is 10.1 Å². The third-order valence-corrected chi connectivity index (χ3v) is 2.91. The summed E-state index contributed by atoms with van der Waals surface area (Å²) >= 11 is 3.27. The van der Waals surface area contributed by atoms with Crippen LogP contribution in [-0.4, -0.2) is 43.9 Å². The minimum atomic E-state index is -1.13. The number of ether oxygens (including phenoxy) is 2. The molecule has 1 aromatic rings. The molecule has 0 heterocycles. The summed E-state index contributed by atoms with van der Waals surface area (Å²) in [5.41, 5.74) is 0.325. The second-order valence-corrected chi connectivity index (χ2v) is 4.53. The van der Waals surface area contributed by atoms with E-state index in [1.807, 2.05) is 0 Å². The number of carboxylic acid groups (broad SMARTS) is 1. The van der Waals surface area contributed by atoms with Crippen molar-refractivity contribution in [3.8, 4) is 5.75 Å². The van der Waals surface area contributed by atoms with Crippen LogP contribution in [0.15, 0.2) is 22.7 Å². The molecule has 0 aromatic heterocycles. The average Bonchev–Trinajstić information content (AvgIpc) is 2.38. The standard InChI is InChI=1S/C12H14BrNO5/c1-18-9-5-7(13)3-4-8(9)11(15)14-6-10(19-2)12(16)17/h3-5,10H,6H2,1-2H3,(H,14,15)(H,16,17). The normalized spacial score (nSPS) is 11.7. The van der Waals surface area contributed by atoms with Gasteiger partial charge in [0.2, 0.25) is 0 Å². The molecule has 1 unspecified atom stereocenters. The van der Waals surface area contributed by atoms with E-state index in [1.165, 1.54) is 14.2 Å². The summed E-state index contributed by atoms with van der Waals surface area (Å²) in [6.07, 6.45) is -1.08. The number of benzene rings is 1. The maximum atomic E-state index is 11.9. The predicted octanol–water partition coefficient (Wildman–Crippen LogP) is 1.29. The van der Waals surface area contributed by atoms with Gasteiger partial charge in [0.05, 0.1) is 19.2 Å². The van der Waals surface area contributed by atoms with E-state index in [0.717, 1.165) is 4.47 Å². The van der Waals surface area contributed by atoms with E-state index in [4.69, 9.17) is 14.6 Å². The summed E-state index contributed by atoms with van der Waals surface area (Å²) < 4.78 is 10.6. The Bertz CT molecular complexity index is 477. The van der Waals surface area contributed by atoms with Crippen LogP contribution in [0.1, 0.15) is 10.4 Å². The van der Waals surface area contributed by atoms with Gasteiger partial charge in [-0.1, -0.05) is 15.9 Å². The fraction of sp³-hybridized carbons (Fsp3) is 0.333. The number of carbonyl (C=O) groups is 2. The number of hydrogen-bond donors (Lipinski definition) is 2. The molecular weight excluding hydrogens is 318 g/mol. The van der Waals surface area contributed by atoms with E-state index in [2.05, 4.69) is 21.2 Å². The lowest BCUT2D eigenvalue weighted by Gasteiger charge is -2.13. The summed E-state index contributed by atoms with van der Waals surface area (Å²) in [5.74, 6) is -1.16. The number of halogens is 1. The van der Waals surface area contributed by atoms with Crippen molar-refractivity contribution in [2.75, 3.05) is 20.8 Å². The van der Waals surface area contributed by atoms with Gasteiger partial charge in [-0.2, -0.15) is 0 Å². The monoisotopic (exact) mass is 331 g/mol. The number of nitrogens with one attached hydrogen (secondary N) is 1. The SMILES string of the molecule is COc1cc(Br)ccc1C(=O)NCC(OC)C(=O)O. The smallest absolute Gasteiger partial charge is 0.334 e. The third kappa shape index (κ3) is 4.22. The van der Waals surface area contributed by atoms with Gasteiger partial charge in [0.15, 0.2) is 6.10 Å². The zero-order valence-corrected chi connectivity index (χ0v) is 12.1. The Labute approximate surface area is 118 Å². The van der Waals surface area contributed by atoms with Crippen LogP contribution in [0, 0.1) is 0 Å². The number of rotatable bonds is 6. The maximum absolute atomic E-state index is 11.9. The first-order valence-electron chi connectivity index (χ1n) is 5.37. The molecule has 2 N–H and O–H groups in total. The van der Waals surface area contributed by atoms with Crippen molar-refractivity contribution in [1.82, 2.24) is 5.32 Å². The van der Waals surface area contributed by atoms with Gasteiger partial charge in [0.1, 0.15) is 5.75 Å². The lowest BCUT2D eigenvalue weighted by Crippen LogP contribution is -2.37. The largest absolute Gasteiger partial charge is 0.496 e. The van der Waals surface area contributed by atoms with Crippen molar-refractivity contribution >= 4 is 27.8 Å². The molecule has 19 heavy (non-hydrogen) atoms. The van der Waals surface area contributed by atoms with Gasteiger partial charge in [-0.3, -0.25) is 4.79 Å². The van der Waals surface area contributed by atoms with Crippen molar-refractivity contribution in [3.63, 3.8) is 0 Å². The number of amides is 1. The minimum Gasteiger partial charge on any atom is -0.496 e. The minimum absolute atomic E-state index is 0.121. The molecule has 0 saturated carbocycles. The Morgan fingerprint density at radius 1 is 1.42 bits per heavy atom. The van der Waals surface area contributed by atoms with Gasteiger partial charge < -0.3 is 19.9 Å². The third-order valence-electron chi connectivity index (χ3n) is 2.42. The van der Waals surface area contributed by atoms with Crippen molar-refractivity contribution in [1.29, 1.82) is 0 Å². The van der Waals surface area contributed by atoms with E-state index >= 15 is 0 Å². The molecule has 1 rings (SSSR count). The Hall–Kier alpha value is -1.60. The molecule has 0 saturated heterocycles. The second-order valence-electron chi connectivity index (χ2n) is 3.62. The van der Waals surface area contributed by atoms with Crippen molar-refractivity contribution in [2.24, 2.45) is 0 Å². The molecule has 1 amide bonds. The number of carbonyl (C=O) groups excluding carboxylic acids is 1. The first-order valence-corrected chi connectivity index (χ1v) is 6.16. The zero-order chi connectivity index (χ0) is 14.4. The molecule has 0 aliphatic rings. The predicted molar refractivity (Wildman–Crippen MR) is 71.5 cm³/mol. The summed E-state index contributed by atoms with van der Waals surface area (Å²) in [5, 5.41) is 11.3. The summed E-state index contributed by atoms with van der Waals surface area (Å²) in [6.45, 7) is -0.121. The van der Waals surface area contributed by atoms with Gasteiger partial charge >= 0.3 is 5.97 Å². The quantitative estimate of drug-likeness (QED) is 0.820. The maximum Gasteiger partial charge on any atom is 0.334 e. The average molecular weight is 332 g/mol. The first-order chi connectivity index (χ1) is 8.99. The summed E-state index contributed by atoms with van der Waals surface area (Å²) in [6, 6.07) is 4.93. The highest BCUT2D eigenvalue weighted by Gasteiger charge is 2.19. The van der Waals surface area contributed by atoms with Gasteiger partial charge in [0, 0.05) is 11.6 Å². The summed E-state index contributed by atoms with van der Waals surface area (Å²) in [7, 11) is 2.72. The molecule has 0 aliphatic heterocycles. The molecule has 0 bridgehead atoms. The molecule has 1 aromatic carbocycles. The highest BCUT2D eigenvalue weighted by atomic mass is 79.9. The molecule has 0 radical (unpaired) electrons. The molecule has 0 fully saturated rings. The topological polar surface area (TPSA) is 84.9 Å². The summed E-state index contributed by atoms with van der Waals surface area (Å²) in [4.78, 5) is 22.7. The molecule has 0 aliphatic carbocycles. The van der Waals surface area contributed by atoms with E-state index in [1.54, 1.807) is 18.2 Å². The van der Waals surface area contributed by atoms with Gasteiger partial charge in [-0.05, 0) is 18.2 Å². The Balaban J connectivity index is 2.76. The van der Waals surface area contributed by atoms with Crippen molar-refractivity contribution in [2.45, 2.75) is 6.10 Å². The van der Waals surface area contributed by atoms with Crippen LogP contribution in [0.25, 0.3) is 0 Å².